The number of esters is 1. The number of phenolic OH excluding ortho intramolecular Hbond substituents is 1. The largest absolute Gasteiger partial charge is 0.504 e. The van der Waals surface area contributed by atoms with Crippen molar-refractivity contribution in [3.05, 3.63) is 53.6 Å². The van der Waals surface area contributed by atoms with Gasteiger partial charge in [-0.05, 0) is 55.0 Å². The summed E-state index contributed by atoms with van der Waals surface area (Å²) in [5.41, 5.74) is 3.37. The van der Waals surface area contributed by atoms with Gasteiger partial charge in [0.1, 0.15) is 5.75 Å². The number of methoxy groups -OCH3 is 1. The predicted octanol–water partition coefficient (Wildman–Crippen LogP) is 2.11. The topological polar surface area (TPSA) is 106 Å². The van der Waals surface area contributed by atoms with Gasteiger partial charge in [0.15, 0.2) is 18.1 Å². The van der Waals surface area contributed by atoms with Gasteiger partial charge in [-0.1, -0.05) is 0 Å². The molecule has 2 aromatic rings. The third-order valence-electron chi connectivity index (χ3n) is 3.34. The number of hydrazone groups is 1. The number of benzene rings is 2. The van der Waals surface area contributed by atoms with Crippen molar-refractivity contribution < 1.29 is 28.9 Å². The lowest BCUT2D eigenvalue weighted by Crippen LogP contribution is -2.24. The number of hydrogen-bond acceptors (Lipinski definition) is 7. The van der Waals surface area contributed by atoms with Gasteiger partial charge < -0.3 is 19.3 Å². The Kier molecular flexibility index (Phi) is 7.18. The summed E-state index contributed by atoms with van der Waals surface area (Å²) < 4.78 is 15.2. The summed E-state index contributed by atoms with van der Waals surface area (Å²) in [6.07, 6.45) is 1.41. The van der Waals surface area contributed by atoms with Crippen LogP contribution in [0.4, 0.5) is 0 Å². The molecule has 0 saturated heterocycles. The Labute approximate surface area is 156 Å². The quantitative estimate of drug-likeness (QED) is 0.418. The Hall–Kier alpha value is -3.55. The van der Waals surface area contributed by atoms with Gasteiger partial charge in [0.2, 0.25) is 0 Å². The maximum Gasteiger partial charge on any atom is 0.338 e. The van der Waals surface area contributed by atoms with Crippen LogP contribution in [-0.4, -0.2) is 43.5 Å². The van der Waals surface area contributed by atoms with Crippen molar-refractivity contribution in [1.29, 1.82) is 0 Å². The average molecular weight is 372 g/mol. The molecule has 27 heavy (non-hydrogen) atoms. The van der Waals surface area contributed by atoms with Crippen molar-refractivity contribution in [2.75, 3.05) is 20.3 Å². The van der Waals surface area contributed by atoms with E-state index in [1.165, 1.54) is 19.4 Å². The molecule has 8 heteroatoms. The number of nitrogens with one attached hydrogen (secondary N) is 1. The zero-order chi connectivity index (χ0) is 19.6. The van der Waals surface area contributed by atoms with Gasteiger partial charge in [0, 0.05) is 0 Å². The van der Waals surface area contributed by atoms with Gasteiger partial charge in [-0.15, -0.1) is 0 Å². The molecule has 0 radical (unpaired) electrons. The smallest absolute Gasteiger partial charge is 0.338 e. The van der Waals surface area contributed by atoms with Gasteiger partial charge in [-0.2, -0.15) is 5.10 Å². The number of carbonyl (C=O) groups is 2. The van der Waals surface area contributed by atoms with E-state index in [2.05, 4.69) is 10.5 Å². The number of nitrogens with zero attached hydrogens (tertiary/aromatic N) is 1. The molecule has 0 bridgehead atoms. The van der Waals surface area contributed by atoms with E-state index in [0.717, 1.165) is 0 Å². The monoisotopic (exact) mass is 372 g/mol. The molecule has 0 unspecified atom stereocenters. The second-order valence-electron chi connectivity index (χ2n) is 5.26. The molecule has 0 aliphatic heterocycles. The second-order valence-corrected chi connectivity index (χ2v) is 5.26. The first kappa shape index (κ1) is 19.8. The van der Waals surface area contributed by atoms with Crippen LogP contribution in [0, 0.1) is 0 Å². The van der Waals surface area contributed by atoms with E-state index in [-0.39, 0.29) is 12.4 Å². The third-order valence-corrected chi connectivity index (χ3v) is 3.34. The molecule has 1 amide bonds. The molecule has 2 aromatic carbocycles. The summed E-state index contributed by atoms with van der Waals surface area (Å²) in [7, 11) is 1.44. The minimum Gasteiger partial charge on any atom is -0.504 e. The fraction of sp³-hybridized carbons (Fsp3) is 0.211. The van der Waals surface area contributed by atoms with E-state index in [4.69, 9.17) is 14.2 Å². The standard InChI is InChI=1S/C19H20N2O6/c1-3-26-19(24)14-5-7-15(8-6-14)27-12-18(23)21-20-11-13-4-9-16(22)17(10-13)25-2/h4-11,22H,3,12H2,1-2H3,(H,21,23). The van der Waals surface area contributed by atoms with Crippen molar-refractivity contribution in [2.45, 2.75) is 6.92 Å². The first-order valence-electron chi connectivity index (χ1n) is 8.12. The minimum atomic E-state index is -0.452. The van der Waals surface area contributed by atoms with Crippen LogP contribution in [0.5, 0.6) is 17.2 Å². The molecule has 0 aliphatic rings. The van der Waals surface area contributed by atoms with Crippen LogP contribution >= 0.6 is 0 Å². The van der Waals surface area contributed by atoms with Crippen molar-refractivity contribution in [2.24, 2.45) is 5.10 Å². The molecule has 0 atom stereocenters. The Morgan fingerprint density at radius 1 is 1.19 bits per heavy atom. The lowest BCUT2D eigenvalue weighted by molar-refractivity contribution is -0.123. The zero-order valence-corrected chi connectivity index (χ0v) is 15.0. The Morgan fingerprint density at radius 2 is 1.93 bits per heavy atom. The fourth-order valence-electron chi connectivity index (χ4n) is 2.04. The molecule has 0 fully saturated rings. The molecule has 2 rings (SSSR count). The molecular weight excluding hydrogens is 352 g/mol. The molecule has 0 spiro atoms. The van der Waals surface area contributed by atoms with E-state index < -0.39 is 11.9 Å². The highest BCUT2D eigenvalue weighted by Crippen LogP contribution is 2.25. The lowest BCUT2D eigenvalue weighted by atomic mass is 10.2. The number of amides is 1. The van der Waals surface area contributed by atoms with Crippen LogP contribution in [0.1, 0.15) is 22.8 Å². The lowest BCUT2D eigenvalue weighted by Gasteiger charge is -2.06. The Balaban J connectivity index is 1.81. The van der Waals surface area contributed by atoms with Gasteiger partial charge in [-0.25, -0.2) is 10.2 Å². The van der Waals surface area contributed by atoms with E-state index in [1.54, 1.807) is 43.3 Å². The van der Waals surface area contributed by atoms with Crippen LogP contribution in [-0.2, 0) is 9.53 Å². The van der Waals surface area contributed by atoms with Crippen molar-refractivity contribution in [1.82, 2.24) is 5.43 Å². The molecule has 8 nitrogen and oxygen atoms in total. The Morgan fingerprint density at radius 3 is 2.59 bits per heavy atom. The number of rotatable bonds is 8. The van der Waals surface area contributed by atoms with Gasteiger partial charge in [0.05, 0.1) is 25.5 Å². The van der Waals surface area contributed by atoms with Crippen molar-refractivity contribution >= 4 is 18.1 Å². The van der Waals surface area contributed by atoms with Crippen LogP contribution in [0.25, 0.3) is 0 Å². The summed E-state index contributed by atoms with van der Waals surface area (Å²) in [5, 5.41) is 13.3. The molecule has 0 saturated carbocycles. The van der Waals surface area contributed by atoms with Crippen molar-refractivity contribution in [3.63, 3.8) is 0 Å². The summed E-state index contributed by atoms with van der Waals surface area (Å²) in [6.45, 7) is 1.79. The normalized spacial score (nSPS) is 10.4. The maximum absolute atomic E-state index is 11.8. The number of carbonyl (C=O) groups excluding carboxylic acids is 2. The van der Waals surface area contributed by atoms with Gasteiger partial charge in [-0.3, -0.25) is 4.79 Å². The van der Waals surface area contributed by atoms with E-state index in [0.29, 0.717) is 29.2 Å². The van der Waals surface area contributed by atoms with E-state index >= 15 is 0 Å². The first-order chi connectivity index (χ1) is 13.0. The molecule has 0 heterocycles. The second kappa shape index (κ2) is 9.81. The average Bonchev–Trinajstić information content (AvgIpc) is 2.68. The molecule has 2 N–H and O–H groups in total. The number of phenols is 1. The fourth-order valence-corrected chi connectivity index (χ4v) is 2.04. The highest BCUT2D eigenvalue weighted by atomic mass is 16.5. The minimum absolute atomic E-state index is 0.0149. The highest BCUT2D eigenvalue weighted by Gasteiger charge is 2.07. The van der Waals surface area contributed by atoms with Gasteiger partial charge in [0.25, 0.3) is 5.91 Å². The van der Waals surface area contributed by atoms with E-state index in [9.17, 15) is 14.7 Å². The number of ether oxygens (including phenoxy) is 3. The third kappa shape index (κ3) is 6.03. The van der Waals surface area contributed by atoms with Crippen LogP contribution < -0.4 is 14.9 Å². The Bertz CT molecular complexity index is 817. The summed E-state index contributed by atoms with van der Waals surface area (Å²) in [4.78, 5) is 23.3. The van der Waals surface area contributed by atoms with Gasteiger partial charge >= 0.3 is 5.97 Å². The number of aromatic hydroxyl groups is 1. The zero-order valence-electron chi connectivity index (χ0n) is 15.0. The van der Waals surface area contributed by atoms with E-state index in [1.807, 2.05) is 0 Å². The summed E-state index contributed by atoms with van der Waals surface area (Å²) in [5.74, 6) is -0.111. The molecule has 142 valence electrons. The first-order valence-corrected chi connectivity index (χ1v) is 8.12. The number of hydrogen-bond donors (Lipinski definition) is 2. The molecule has 0 aromatic heterocycles. The SMILES string of the molecule is CCOC(=O)c1ccc(OCC(=O)NN=Cc2ccc(O)c(OC)c2)cc1. The van der Waals surface area contributed by atoms with Crippen LogP contribution in [0.3, 0.4) is 0 Å². The summed E-state index contributed by atoms with van der Waals surface area (Å²) in [6, 6.07) is 10.9. The highest BCUT2D eigenvalue weighted by molar-refractivity contribution is 5.89. The van der Waals surface area contributed by atoms with Crippen LogP contribution in [0.15, 0.2) is 47.6 Å². The maximum atomic E-state index is 11.8. The summed E-state index contributed by atoms with van der Waals surface area (Å²) >= 11 is 0. The predicted molar refractivity (Wildman–Crippen MR) is 98.3 cm³/mol. The van der Waals surface area contributed by atoms with Crippen molar-refractivity contribution in [3.8, 4) is 17.2 Å². The molecule has 0 aliphatic carbocycles. The molecular formula is C19H20N2O6. The van der Waals surface area contributed by atoms with Crippen LogP contribution in [0.2, 0.25) is 0 Å².